The van der Waals surface area contributed by atoms with E-state index in [-0.39, 0.29) is 5.02 Å². The van der Waals surface area contributed by atoms with Crippen LogP contribution in [-0.2, 0) is 9.84 Å². The Morgan fingerprint density at radius 3 is 2.38 bits per heavy atom. The van der Waals surface area contributed by atoms with Gasteiger partial charge >= 0.3 is 0 Å². The molecule has 0 aliphatic rings. The van der Waals surface area contributed by atoms with Crippen molar-refractivity contribution in [3.05, 3.63) is 33.8 Å². The lowest BCUT2D eigenvalue weighted by atomic mass is 10.1. The zero-order valence-electron chi connectivity index (χ0n) is 8.19. The normalized spacial score (nSPS) is 15.8. The summed E-state index contributed by atoms with van der Waals surface area (Å²) in [5.41, 5.74) is 0.318. The molecule has 0 amide bonds. The van der Waals surface area contributed by atoms with Crippen molar-refractivity contribution in [3.63, 3.8) is 0 Å². The van der Waals surface area contributed by atoms with Crippen LogP contribution in [0.3, 0.4) is 0 Å². The van der Waals surface area contributed by atoms with E-state index in [0.29, 0.717) is 10.6 Å². The van der Waals surface area contributed by atoms with E-state index >= 15 is 0 Å². The van der Waals surface area contributed by atoms with Gasteiger partial charge in [-0.2, -0.15) is 0 Å². The first-order valence-corrected chi connectivity index (χ1v) is 7.82. The number of rotatable bonds is 3. The van der Waals surface area contributed by atoms with Crippen molar-refractivity contribution in [2.24, 2.45) is 0 Å². The van der Waals surface area contributed by atoms with Gasteiger partial charge in [0, 0.05) is 21.9 Å². The van der Waals surface area contributed by atoms with E-state index in [1.807, 2.05) is 0 Å². The van der Waals surface area contributed by atoms with Gasteiger partial charge in [-0.05, 0) is 12.1 Å². The molecule has 0 saturated heterocycles. The van der Waals surface area contributed by atoms with Gasteiger partial charge in [0.2, 0.25) is 0 Å². The molecule has 2 atom stereocenters. The minimum atomic E-state index is -3.40. The van der Waals surface area contributed by atoms with E-state index < -0.39 is 20.1 Å². The van der Waals surface area contributed by atoms with Crippen LogP contribution in [0, 0.1) is 0 Å². The highest BCUT2D eigenvalue weighted by Gasteiger charge is 2.28. The van der Waals surface area contributed by atoms with Crippen molar-refractivity contribution in [2.75, 3.05) is 6.26 Å². The Kier molecular flexibility index (Phi) is 4.66. The Bertz CT molecular complexity index is 490. The zero-order chi connectivity index (χ0) is 12.5. The van der Waals surface area contributed by atoms with Gasteiger partial charge in [-0.25, -0.2) is 8.42 Å². The van der Waals surface area contributed by atoms with Gasteiger partial charge in [-0.15, -0.1) is 0 Å². The summed E-state index contributed by atoms with van der Waals surface area (Å²) in [6, 6.07) is 4.48. The van der Waals surface area contributed by atoms with E-state index in [1.54, 1.807) is 0 Å². The van der Waals surface area contributed by atoms with Gasteiger partial charge < -0.3 is 5.11 Å². The third kappa shape index (κ3) is 3.34. The minimum absolute atomic E-state index is 0.230. The Balaban J connectivity index is 3.10. The van der Waals surface area contributed by atoms with Gasteiger partial charge in [-0.1, -0.05) is 45.2 Å². The van der Waals surface area contributed by atoms with E-state index in [1.165, 1.54) is 18.2 Å². The highest BCUT2D eigenvalue weighted by molar-refractivity contribution is 9.11. The summed E-state index contributed by atoms with van der Waals surface area (Å²) < 4.78 is 21.4. The fraction of sp³-hybridized carbons (Fsp3) is 0.333. The van der Waals surface area contributed by atoms with Crippen LogP contribution in [-0.4, -0.2) is 23.9 Å². The third-order valence-corrected chi connectivity index (χ3v) is 6.11. The Labute approximate surface area is 112 Å². The molecule has 0 aromatic heterocycles. The molecular weight excluding hydrogens is 339 g/mol. The summed E-state index contributed by atoms with van der Waals surface area (Å²) in [5.74, 6) is 0. The standard InChI is InChI=1S/C9H9BrCl2O3S/c1-16(14,15)9(10)8(13)6-3-2-5(11)4-7(6)12/h2-4,8-9,13H,1H3/t8-,9+/m1/s1. The molecule has 0 unspecified atom stereocenters. The number of hydrogen-bond donors (Lipinski definition) is 1. The third-order valence-electron chi connectivity index (χ3n) is 1.94. The molecule has 1 rings (SSSR count). The average molecular weight is 348 g/mol. The molecule has 0 saturated carbocycles. The van der Waals surface area contributed by atoms with Crippen molar-refractivity contribution < 1.29 is 13.5 Å². The molecule has 1 N–H and O–H groups in total. The molecule has 3 nitrogen and oxygen atoms in total. The van der Waals surface area contributed by atoms with Crippen LogP contribution >= 0.6 is 39.1 Å². The fourth-order valence-corrected chi connectivity index (χ4v) is 2.54. The van der Waals surface area contributed by atoms with Crippen molar-refractivity contribution in [1.29, 1.82) is 0 Å². The van der Waals surface area contributed by atoms with E-state index in [2.05, 4.69) is 15.9 Å². The quantitative estimate of drug-likeness (QED) is 0.855. The number of alkyl halides is 1. The van der Waals surface area contributed by atoms with Crippen molar-refractivity contribution in [3.8, 4) is 0 Å². The van der Waals surface area contributed by atoms with Gasteiger partial charge in [-0.3, -0.25) is 0 Å². The van der Waals surface area contributed by atoms with E-state index in [9.17, 15) is 13.5 Å². The molecular formula is C9H9BrCl2O3S. The number of hydrogen-bond acceptors (Lipinski definition) is 3. The van der Waals surface area contributed by atoms with Gasteiger partial charge in [0.05, 0.1) is 0 Å². The lowest BCUT2D eigenvalue weighted by molar-refractivity contribution is 0.195. The van der Waals surface area contributed by atoms with E-state index in [4.69, 9.17) is 23.2 Å². The van der Waals surface area contributed by atoms with Crippen LogP contribution < -0.4 is 0 Å². The van der Waals surface area contributed by atoms with Crippen LogP contribution in [0.25, 0.3) is 0 Å². The topological polar surface area (TPSA) is 54.4 Å². The van der Waals surface area contributed by atoms with E-state index in [0.717, 1.165) is 6.26 Å². The maximum absolute atomic E-state index is 11.2. The van der Waals surface area contributed by atoms with Crippen LogP contribution in [0.15, 0.2) is 18.2 Å². The first-order chi connectivity index (χ1) is 7.23. The highest BCUT2D eigenvalue weighted by atomic mass is 79.9. The Morgan fingerprint density at radius 2 is 1.94 bits per heavy atom. The van der Waals surface area contributed by atoms with Gasteiger partial charge in [0.15, 0.2) is 9.84 Å². The lowest BCUT2D eigenvalue weighted by Gasteiger charge is -2.17. The second-order valence-corrected chi connectivity index (χ2v) is 7.89. The number of aliphatic hydroxyl groups excluding tert-OH is 1. The molecule has 1 aromatic rings. The fourth-order valence-electron chi connectivity index (χ4n) is 1.12. The maximum atomic E-state index is 11.2. The highest BCUT2D eigenvalue weighted by Crippen LogP contribution is 2.32. The summed E-state index contributed by atoms with van der Waals surface area (Å²) >= 11 is 14.5. The molecule has 0 aliphatic heterocycles. The lowest BCUT2D eigenvalue weighted by Crippen LogP contribution is -2.21. The number of benzene rings is 1. The maximum Gasteiger partial charge on any atom is 0.163 e. The summed E-state index contributed by atoms with van der Waals surface area (Å²) in [4.78, 5) is 0. The SMILES string of the molecule is CS(=O)(=O)[C@H](Br)[C@H](O)c1ccc(Cl)cc1Cl. The molecule has 0 heterocycles. The molecule has 7 heteroatoms. The van der Waals surface area contributed by atoms with Crippen molar-refractivity contribution in [1.82, 2.24) is 0 Å². The van der Waals surface area contributed by atoms with Gasteiger partial charge in [0.1, 0.15) is 10.3 Å². The molecule has 0 fully saturated rings. The van der Waals surface area contributed by atoms with Crippen molar-refractivity contribution >= 4 is 49.0 Å². The number of sulfone groups is 1. The average Bonchev–Trinajstić information content (AvgIpc) is 2.14. The molecule has 16 heavy (non-hydrogen) atoms. The second-order valence-electron chi connectivity index (χ2n) is 3.29. The summed E-state index contributed by atoms with van der Waals surface area (Å²) in [7, 11) is -3.40. The molecule has 0 spiro atoms. The molecule has 0 aliphatic carbocycles. The summed E-state index contributed by atoms with van der Waals surface area (Å²) in [6.07, 6.45) is -0.209. The summed E-state index contributed by atoms with van der Waals surface area (Å²) in [5, 5.41) is 10.5. The van der Waals surface area contributed by atoms with Crippen LogP contribution in [0.1, 0.15) is 11.7 Å². The Hall–Kier alpha value is 0.190. The summed E-state index contributed by atoms with van der Waals surface area (Å²) in [6.45, 7) is 0. The van der Waals surface area contributed by atoms with Crippen molar-refractivity contribution in [2.45, 2.75) is 10.3 Å². The van der Waals surface area contributed by atoms with Crippen LogP contribution in [0.5, 0.6) is 0 Å². The zero-order valence-corrected chi connectivity index (χ0v) is 12.1. The van der Waals surface area contributed by atoms with Crippen LogP contribution in [0.4, 0.5) is 0 Å². The molecule has 0 radical (unpaired) electrons. The molecule has 90 valence electrons. The predicted octanol–water partition coefficient (Wildman–Crippen LogP) is 2.79. The predicted molar refractivity (Wildman–Crippen MR) is 69.0 cm³/mol. The molecule has 1 aromatic carbocycles. The number of halogens is 3. The van der Waals surface area contributed by atoms with Gasteiger partial charge in [0.25, 0.3) is 0 Å². The monoisotopic (exact) mass is 346 g/mol. The molecule has 0 bridgehead atoms. The second kappa shape index (κ2) is 5.23. The Morgan fingerprint density at radius 1 is 1.38 bits per heavy atom. The minimum Gasteiger partial charge on any atom is -0.386 e. The first kappa shape index (κ1) is 14.3. The largest absolute Gasteiger partial charge is 0.386 e. The van der Waals surface area contributed by atoms with Crippen LogP contribution in [0.2, 0.25) is 10.0 Å². The smallest absolute Gasteiger partial charge is 0.163 e. The number of aliphatic hydroxyl groups is 1. The first-order valence-electron chi connectivity index (χ1n) is 4.19.